The molecule has 2 rings (SSSR count). The van der Waals surface area contributed by atoms with Gasteiger partial charge in [-0.05, 0) is 12.8 Å². The maximum atomic E-state index is 4.07. The lowest BCUT2D eigenvalue weighted by molar-refractivity contribution is 0.925. The third-order valence-electron chi connectivity index (χ3n) is 1.49. The van der Waals surface area contributed by atoms with Crippen LogP contribution >= 0.6 is 0 Å². The second-order valence-electron chi connectivity index (χ2n) is 2.32. The van der Waals surface area contributed by atoms with Crippen LogP contribution in [0, 0.1) is 6.07 Å². The fraction of sp³-hybridized carbons (Fsp3) is 0.429. The molecule has 0 aromatic carbocycles. The summed E-state index contributed by atoms with van der Waals surface area (Å²) in [5.41, 5.74) is 0. The average molecular weight is 119 g/mol. The van der Waals surface area contributed by atoms with E-state index >= 15 is 0 Å². The van der Waals surface area contributed by atoms with E-state index in [1.807, 2.05) is 0 Å². The van der Waals surface area contributed by atoms with Gasteiger partial charge >= 0.3 is 0 Å². The van der Waals surface area contributed by atoms with E-state index in [-0.39, 0.29) is 0 Å². The van der Waals surface area contributed by atoms with Crippen LogP contribution in [0.1, 0.15) is 24.6 Å². The predicted octanol–water partition coefficient (Wildman–Crippen LogP) is 1.15. The van der Waals surface area contributed by atoms with Crippen molar-refractivity contribution in [2.24, 2.45) is 0 Å². The van der Waals surface area contributed by atoms with Gasteiger partial charge in [0.05, 0.1) is 0 Å². The van der Waals surface area contributed by atoms with E-state index in [1.165, 1.54) is 12.8 Å². The Morgan fingerprint density at radius 2 is 2.00 bits per heavy atom. The molecule has 1 fully saturated rings. The van der Waals surface area contributed by atoms with Crippen LogP contribution in [0.25, 0.3) is 0 Å². The fourth-order valence-electron chi connectivity index (χ4n) is 0.826. The summed E-state index contributed by atoms with van der Waals surface area (Å²) in [6.45, 7) is 0. The smallest absolute Gasteiger partial charge is 0.131 e. The average Bonchev–Trinajstić information content (AvgIpc) is 2.71. The van der Waals surface area contributed by atoms with Gasteiger partial charge in [0.25, 0.3) is 0 Å². The van der Waals surface area contributed by atoms with Gasteiger partial charge in [-0.3, -0.25) is 0 Å². The molecule has 45 valence electrons. The van der Waals surface area contributed by atoms with E-state index in [1.54, 1.807) is 12.4 Å². The molecule has 9 heavy (non-hydrogen) atoms. The van der Waals surface area contributed by atoms with Gasteiger partial charge in [-0.15, -0.1) is 0 Å². The molecule has 1 aromatic rings. The lowest BCUT2D eigenvalue weighted by atomic mass is 10.4. The highest BCUT2D eigenvalue weighted by Gasteiger charge is 2.25. The van der Waals surface area contributed by atoms with E-state index in [2.05, 4.69) is 16.0 Å². The predicted molar refractivity (Wildman–Crippen MR) is 32.8 cm³/mol. The minimum Gasteiger partial charge on any atom is -0.240 e. The molecule has 0 bridgehead atoms. The van der Waals surface area contributed by atoms with Gasteiger partial charge in [-0.25, -0.2) is 9.97 Å². The highest BCUT2D eigenvalue weighted by molar-refractivity contribution is 5.03. The minimum absolute atomic E-state index is 0.666. The van der Waals surface area contributed by atoms with Crippen LogP contribution in [0.15, 0.2) is 12.4 Å². The molecule has 1 radical (unpaired) electrons. The molecule has 0 saturated heterocycles. The van der Waals surface area contributed by atoms with E-state index < -0.39 is 0 Å². The van der Waals surface area contributed by atoms with Gasteiger partial charge in [0, 0.05) is 24.4 Å². The zero-order chi connectivity index (χ0) is 6.10. The normalized spacial score (nSPS) is 17.8. The van der Waals surface area contributed by atoms with Crippen LogP contribution in [0.5, 0.6) is 0 Å². The molecule has 0 amide bonds. The third-order valence-corrected chi connectivity index (χ3v) is 1.49. The number of aromatic nitrogens is 2. The Balaban J connectivity index is 2.29. The summed E-state index contributed by atoms with van der Waals surface area (Å²) in [6, 6.07) is 2.79. The van der Waals surface area contributed by atoms with Crippen molar-refractivity contribution in [1.82, 2.24) is 9.97 Å². The highest BCUT2D eigenvalue weighted by atomic mass is 14.9. The lowest BCUT2D eigenvalue weighted by Crippen LogP contribution is -1.87. The first-order valence-corrected chi connectivity index (χ1v) is 3.15. The molecular formula is C7H7N2. The summed E-state index contributed by atoms with van der Waals surface area (Å²) in [4.78, 5) is 8.15. The van der Waals surface area contributed by atoms with E-state index in [4.69, 9.17) is 0 Å². The molecule has 2 heteroatoms. The molecule has 1 aromatic heterocycles. The van der Waals surface area contributed by atoms with Gasteiger partial charge in [-0.2, -0.15) is 0 Å². The molecule has 1 heterocycles. The van der Waals surface area contributed by atoms with Crippen LogP contribution in [0.4, 0.5) is 0 Å². The van der Waals surface area contributed by atoms with Crippen LogP contribution < -0.4 is 0 Å². The Hall–Kier alpha value is -0.920. The topological polar surface area (TPSA) is 25.8 Å². The summed E-state index contributed by atoms with van der Waals surface area (Å²) >= 11 is 0. The lowest BCUT2D eigenvalue weighted by Gasteiger charge is -1.89. The molecular weight excluding hydrogens is 112 g/mol. The van der Waals surface area contributed by atoms with Crippen molar-refractivity contribution in [3.05, 3.63) is 24.3 Å². The summed E-state index contributed by atoms with van der Waals surface area (Å²) in [7, 11) is 0. The SMILES string of the molecule is [c]1cnc(C2CC2)nc1. The molecule has 0 atom stereocenters. The van der Waals surface area contributed by atoms with Crippen molar-refractivity contribution < 1.29 is 0 Å². The van der Waals surface area contributed by atoms with Crippen molar-refractivity contribution in [2.45, 2.75) is 18.8 Å². The maximum absolute atomic E-state index is 4.07. The first-order chi connectivity index (χ1) is 4.47. The molecule has 0 aliphatic heterocycles. The molecule has 2 nitrogen and oxygen atoms in total. The van der Waals surface area contributed by atoms with Gasteiger partial charge in [0.2, 0.25) is 0 Å². The summed E-state index contributed by atoms with van der Waals surface area (Å²) in [5.74, 6) is 1.66. The van der Waals surface area contributed by atoms with Crippen molar-refractivity contribution >= 4 is 0 Å². The molecule has 0 spiro atoms. The second-order valence-corrected chi connectivity index (χ2v) is 2.32. The largest absolute Gasteiger partial charge is 0.240 e. The Bertz CT molecular complexity index is 191. The molecule has 1 saturated carbocycles. The zero-order valence-electron chi connectivity index (χ0n) is 5.04. The second kappa shape index (κ2) is 1.79. The van der Waals surface area contributed by atoms with Gasteiger partial charge < -0.3 is 0 Å². The minimum atomic E-state index is 0.666. The highest BCUT2D eigenvalue weighted by Crippen LogP contribution is 2.37. The van der Waals surface area contributed by atoms with Crippen LogP contribution in [0.2, 0.25) is 0 Å². The van der Waals surface area contributed by atoms with Gasteiger partial charge in [-0.1, -0.05) is 0 Å². The third kappa shape index (κ3) is 0.922. The Morgan fingerprint density at radius 1 is 1.33 bits per heavy atom. The first-order valence-electron chi connectivity index (χ1n) is 3.15. The fourth-order valence-corrected chi connectivity index (χ4v) is 0.826. The van der Waals surface area contributed by atoms with E-state index in [0.29, 0.717) is 5.92 Å². The Labute approximate surface area is 54.0 Å². The quantitative estimate of drug-likeness (QED) is 0.554. The molecule has 1 aliphatic carbocycles. The van der Waals surface area contributed by atoms with Crippen molar-refractivity contribution in [1.29, 1.82) is 0 Å². The Kier molecular flexibility index (Phi) is 0.979. The van der Waals surface area contributed by atoms with E-state index in [9.17, 15) is 0 Å². The standard InChI is InChI=1S/C7H7N2/c1-4-8-7(9-5-1)6-2-3-6/h4-6H,2-3H2. The molecule has 1 aliphatic rings. The van der Waals surface area contributed by atoms with Gasteiger partial charge in [0.1, 0.15) is 5.82 Å². The number of hydrogen-bond donors (Lipinski definition) is 0. The van der Waals surface area contributed by atoms with Crippen molar-refractivity contribution in [3.8, 4) is 0 Å². The monoisotopic (exact) mass is 119 g/mol. The number of hydrogen-bond acceptors (Lipinski definition) is 2. The van der Waals surface area contributed by atoms with Crippen LogP contribution in [-0.4, -0.2) is 9.97 Å². The number of nitrogens with zero attached hydrogens (tertiary/aromatic N) is 2. The molecule has 0 N–H and O–H groups in total. The maximum Gasteiger partial charge on any atom is 0.131 e. The van der Waals surface area contributed by atoms with Crippen LogP contribution in [-0.2, 0) is 0 Å². The first kappa shape index (κ1) is 4.91. The Morgan fingerprint density at radius 3 is 2.56 bits per heavy atom. The summed E-state index contributed by atoms with van der Waals surface area (Å²) in [5, 5.41) is 0. The van der Waals surface area contributed by atoms with Crippen LogP contribution in [0.3, 0.4) is 0 Å². The van der Waals surface area contributed by atoms with Gasteiger partial charge in [0.15, 0.2) is 0 Å². The zero-order valence-corrected chi connectivity index (χ0v) is 5.04. The summed E-state index contributed by atoms with van der Waals surface area (Å²) < 4.78 is 0. The van der Waals surface area contributed by atoms with E-state index in [0.717, 1.165) is 5.82 Å². The number of rotatable bonds is 1. The van der Waals surface area contributed by atoms with Crippen molar-refractivity contribution in [2.75, 3.05) is 0 Å². The van der Waals surface area contributed by atoms with Crippen molar-refractivity contribution in [3.63, 3.8) is 0 Å². The molecule has 0 unspecified atom stereocenters. The summed E-state index contributed by atoms with van der Waals surface area (Å²) in [6.07, 6.45) is 5.90.